The molecule has 2 aromatic rings. The van der Waals surface area contributed by atoms with Crippen LogP contribution in [0.4, 0.5) is 4.39 Å². The maximum atomic E-state index is 13.9. The van der Waals surface area contributed by atoms with Crippen LogP contribution in [-0.2, 0) is 13.0 Å². The fourth-order valence-corrected chi connectivity index (χ4v) is 2.12. The minimum atomic E-state index is -0.249. The van der Waals surface area contributed by atoms with E-state index in [9.17, 15) is 4.39 Å². The normalized spacial score (nSPS) is 11.8. The van der Waals surface area contributed by atoms with E-state index >= 15 is 0 Å². The summed E-state index contributed by atoms with van der Waals surface area (Å²) in [6, 6.07) is 6.73. The van der Waals surface area contributed by atoms with Crippen molar-refractivity contribution in [3.63, 3.8) is 0 Å². The fraction of sp³-hybridized carbons (Fsp3) is 0.438. The van der Waals surface area contributed by atoms with Crippen LogP contribution < -0.4 is 5.32 Å². The summed E-state index contributed by atoms with van der Waals surface area (Å²) in [5, 5.41) is 7.80. The van der Waals surface area contributed by atoms with E-state index in [0.29, 0.717) is 5.69 Å². The molecule has 0 radical (unpaired) electrons. The molecule has 0 aliphatic carbocycles. The van der Waals surface area contributed by atoms with Gasteiger partial charge >= 0.3 is 0 Å². The van der Waals surface area contributed by atoms with E-state index in [1.165, 1.54) is 6.07 Å². The Hall–Kier alpha value is -1.68. The standard InChI is InChI=1S/C16H22FN3/c1-5-14-12(10-18-16(2,3)4)11-19-20(14)15-9-7-6-8-13(15)17/h6-9,11,18H,5,10H2,1-4H3. The molecule has 1 aromatic carbocycles. The summed E-state index contributed by atoms with van der Waals surface area (Å²) in [7, 11) is 0. The van der Waals surface area contributed by atoms with Crippen LogP contribution in [0.2, 0.25) is 0 Å². The molecule has 0 aliphatic rings. The predicted octanol–water partition coefficient (Wildman–Crippen LogP) is 3.46. The van der Waals surface area contributed by atoms with Gasteiger partial charge in [0.15, 0.2) is 0 Å². The highest BCUT2D eigenvalue weighted by molar-refractivity contribution is 5.36. The molecule has 3 nitrogen and oxygen atoms in total. The second-order valence-corrected chi connectivity index (χ2v) is 5.94. The minimum absolute atomic E-state index is 0.0467. The van der Waals surface area contributed by atoms with Crippen LogP contribution in [0.1, 0.15) is 39.0 Å². The molecule has 0 unspecified atom stereocenters. The van der Waals surface area contributed by atoms with Gasteiger partial charge in [0.05, 0.1) is 6.20 Å². The third kappa shape index (κ3) is 3.25. The molecule has 0 spiro atoms. The molecular weight excluding hydrogens is 253 g/mol. The number of rotatable bonds is 4. The molecule has 0 amide bonds. The van der Waals surface area contributed by atoms with Gasteiger partial charge in [-0.2, -0.15) is 5.10 Å². The molecule has 108 valence electrons. The lowest BCUT2D eigenvalue weighted by Crippen LogP contribution is -2.35. The van der Waals surface area contributed by atoms with E-state index in [1.807, 2.05) is 12.3 Å². The number of nitrogens with zero attached hydrogens (tertiary/aromatic N) is 2. The van der Waals surface area contributed by atoms with Crippen LogP contribution in [0.5, 0.6) is 0 Å². The van der Waals surface area contributed by atoms with Crippen molar-refractivity contribution in [1.29, 1.82) is 0 Å². The summed E-state index contributed by atoms with van der Waals surface area (Å²) in [5.41, 5.74) is 2.72. The summed E-state index contributed by atoms with van der Waals surface area (Å²) in [6.07, 6.45) is 2.64. The highest BCUT2D eigenvalue weighted by Gasteiger charge is 2.15. The largest absolute Gasteiger partial charge is 0.308 e. The lowest BCUT2D eigenvalue weighted by Gasteiger charge is -2.20. The Morgan fingerprint density at radius 1 is 1.25 bits per heavy atom. The molecule has 20 heavy (non-hydrogen) atoms. The van der Waals surface area contributed by atoms with E-state index < -0.39 is 0 Å². The number of hydrogen-bond acceptors (Lipinski definition) is 2. The SMILES string of the molecule is CCc1c(CNC(C)(C)C)cnn1-c1ccccc1F. The average Bonchev–Trinajstić information content (AvgIpc) is 2.79. The molecule has 4 heteroatoms. The van der Waals surface area contributed by atoms with Gasteiger partial charge in [0.1, 0.15) is 11.5 Å². The van der Waals surface area contributed by atoms with E-state index in [2.05, 4.69) is 38.1 Å². The maximum Gasteiger partial charge on any atom is 0.148 e. The van der Waals surface area contributed by atoms with Gasteiger partial charge in [-0.15, -0.1) is 0 Å². The Balaban J connectivity index is 2.33. The lowest BCUT2D eigenvalue weighted by atomic mass is 10.1. The first-order chi connectivity index (χ1) is 9.42. The molecule has 0 bridgehead atoms. The fourth-order valence-electron chi connectivity index (χ4n) is 2.12. The number of hydrogen-bond donors (Lipinski definition) is 1. The number of benzene rings is 1. The molecule has 1 aromatic heterocycles. The Morgan fingerprint density at radius 2 is 1.95 bits per heavy atom. The average molecular weight is 275 g/mol. The van der Waals surface area contributed by atoms with Gasteiger partial charge < -0.3 is 5.32 Å². The summed E-state index contributed by atoms with van der Waals surface area (Å²) in [6.45, 7) is 9.18. The van der Waals surface area contributed by atoms with E-state index in [0.717, 1.165) is 24.2 Å². The first-order valence-electron chi connectivity index (χ1n) is 6.98. The van der Waals surface area contributed by atoms with Gasteiger partial charge in [0.2, 0.25) is 0 Å². The number of aromatic nitrogens is 2. The molecule has 1 N–H and O–H groups in total. The molecular formula is C16H22FN3. The van der Waals surface area contributed by atoms with E-state index in [1.54, 1.807) is 16.8 Å². The van der Waals surface area contributed by atoms with Crippen molar-refractivity contribution in [3.8, 4) is 5.69 Å². The molecule has 0 fully saturated rings. The first kappa shape index (κ1) is 14.7. The molecule has 0 atom stereocenters. The predicted molar refractivity (Wildman–Crippen MR) is 79.5 cm³/mol. The van der Waals surface area contributed by atoms with Crippen molar-refractivity contribution in [2.75, 3.05) is 0 Å². The van der Waals surface area contributed by atoms with E-state index in [4.69, 9.17) is 0 Å². The van der Waals surface area contributed by atoms with Gasteiger partial charge in [-0.1, -0.05) is 19.1 Å². The van der Waals surface area contributed by atoms with Crippen molar-refractivity contribution in [2.45, 2.75) is 46.2 Å². The second kappa shape index (κ2) is 5.75. The van der Waals surface area contributed by atoms with Crippen molar-refractivity contribution in [3.05, 3.63) is 47.5 Å². The zero-order chi connectivity index (χ0) is 14.8. The van der Waals surface area contributed by atoms with Gasteiger partial charge in [-0.3, -0.25) is 0 Å². The lowest BCUT2D eigenvalue weighted by molar-refractivity contribution is 0.423. The number of halogens is 1. The monoisotopic (exact) mass is 275 g/mol. The van der Waals surface area contributed by atoms with Crippen molar-refractivity contribution < 1.29 is 4.39 Å². The zero-order valence-corrected chi connectivity index (χ0v) is 12.6. The first-order valence-corrected chi connectivity index (χ1v) is 6.98. The molecule has 2 rings (SSSR count). The Labute approximate surface area is 119 Å². The van der Waals surface area contributed by atoms with Crippen molar-refractivity contribution >= 4 is 0 Å². The Morgan fingerprint density at radius 3 is 2.55 bits per heavy atom. The highest BCUT2D eigenvalue weighted by Crippen LogP contribution is 2.18. The number of para-hydroxylation sites is 1. The summed E-state index contributed by atoms with van der Waals surface area (Å²) >= 11 is 0. The van der Waals surface area contributed by atoms with E-state index in [-0.39, 0.29) is 11.4 Å². The topological polar surface area (TPSA) is 29.9 Å². The van der Waals surface area contributed by atoms with Crippen LogP contribution in [0, 0.1) is 5.82 Å². The maximum absolute atomic E-state index is 13.9. The van der Waals surface area contributed by atoms with Crippen LogP contribution >= 0.6 is 0 Å². The Bertz CT molecular complexity index is 582. The zero-order valence-electron chi connectivity index (χ0n) is 12.6. The van der Waals surface area contributed by atoms with Gasteiger partial charge in [0, 0.05) is 23.3 Å². The minimum Gasteiger partial charge on any atom is -0.308 e. The van der Waals surface area contributed by atoms with Gasteiger partial charge in [-0.05, 0) is 39.3 Å². The van der Waals surface area contributed by atoms with Crippen LogP contribution in [0.15, 0.2) is 30.5 Å². The molecule has 1 heterocycles. The number of nitrogens with one attached hydrogen (secondary N) is 1. The summed E-state index contributed by atoms with van der Waals surface area (Å²) in [4.78, 5) is 0. The quantitative estimate of drug-likeness (QED) is 0.926. The summed E-state index contributed by atoms with van der Waals surface area (Å²) in [5.74, 6) is -0.249. The van der Waals surface area contributed by atoms with Crippen molar-refractivity contribution in [2.24, 2.45) is 0 Å². The Kier molecular flexibility index (Phi) is 4.23. The third-order valence-electron chi connectivity index (χ3n) is 3.18. The van der Waals surface area contributed by atoms with Crippen molar-refractivity contribution in [1.82, 2.24) is 15.1 Å². The van der Waals surface area contributed by atoms with Crippen LogP contribution in [-0.4, -0.2) is 15.3 Å². The van der Waals surface area contributed by atoms with Crippen LogP contribution in [0.3, 0.4) is 0 Å². The second-order valence-electron chi connectivity index (χ2n) is 5.94. The molecule has 0 saturated heterocycles. The molecule has 0 saturated carbocycles. The smallest absolute Gasteiger partial charge is 0.148 e. The van der Waals surface area contributed by atoms with Gasteiger partial charge in [-0.25, -0.2) is 9.07 Å². The van der Waals surface area contributed by atoms with Crippen LogP contribution in [0.25, 0.3) is 5.69 Å². The van der Waals surface area contributed by atoms with Gasteiger partial charge in [0.25, 0.3) is 0 Å². The highest BCUT2D eigenvalue weighted by atomic mass is 19.1. The molecule has 0 aliphatic heterocycles. The third-order valence-corrected chi connectivity index (χ3v) is 3.18. The summed E-state index contributed by atoms with van der Waals surface area (Å²) < 4.78 is 15.6.